The van der Waals surface area contributed by atoms with Gasteiger partial charge in [-0.25, -0.2) is 0 Å². The highest BCUT2D eigenvalue weighted by Gasteiger charge is 2.71. The molecule has 30 atom stereocenters. The molecule has 10 rings (SSSR count). The largest absolute Gasteiger partial charge is 0.394 e. The van der Waals surface area contributed by atoms with Gasteiger partial charge >= 0.3 is 0 Å². The van der Waals surface area contributed by atoms with E-state index in [2.05, 4.69) is 27.7 Å². The third-order valence-corrected chi connectivity index (χ3v) is 19.3. The van der Waals surface area contributed by atoms with Crippen molar-refractivity contribution in [3.8, 4) is 0 Å². The minimum atomic E-state index is -2.01. The summed E-state index contributed by atoms with van der Waals surface area (Å²) in [5.41, 5.74) is 0.356. The van der Waals surface area contributed by atoms with Crippen molar-refractivity contribution >= 4 is 5.78 Å². The molecular weight excluding hydrogens is 969 g/mol. The summed E-state index contributed by atoms with van der Waals surface area (Å²) in [4.78, 5) is 14.6. The van der Waals surface area contributed by atoms with Crippen molar-refractivity contribution in [2.75, 3.05) is 33.0 Å². The molecule has 0 aromatic rings. The van der Waals surface area contributed by atoms with Gasteiger partial charge in [0.1, 0.15) is 91.6 Å². The summed E-state index contributed by atoms with van der Waals surface area (Å²) in [5.74, 6) is 0.669. The van der Waals surface area contributed by atoms with Gasteiger partial charge < -0.3 is 109 Å². The average molecular weight is 1050 g/mol. The zero-order valence-corrected chi connectivity index (χ0v) is 41.7. The van der Waals surface area contributed by atoms with Crippen molar-refractivity contribution in [2.45, 2.75) is 214 Å². The van der Waals surface area contributed by atoms with Crippen LogP contribution in [0.15, 0.2) is 11.6 Å². The molecule has 416 valence electrons. The Morgan fingerprint density at radius 3 is 1.95 bits per heavy atom. The fourth-order valence-electron chi connectivity index (χ4n) is 14.9. The summed E-state index contributed by atoms with van der Waals surface area (Å²) in [6.45, 7) is 6.41. The number of aliphatic hydroxyl groups excluding tert-OH is 12. The van der Waals surface area contributed by atoms with E-state index < -0.39 is 160 Å². The van der Waals surface area contributed by atoms with E-state index in [4.69, 9.17) is 47.4 Å². The maximum atomic E-state index is 14.6. The lowest BCUT2D eigenvalue weighted by Gasteiger charge is -2.57. The van der Waals surface area contributed by atoms with Crippen molar-refractivity contribution < 1.29 is 113 Å². The van der Waals surface area contributed by atoms with Crippen molar-refractivity contribution in [1.82, 2.24) is 0 Å². The number of carbonyl (C=O) groups is 1. The summed E-state index contributed by atoms with van der Waals surface area (Å²) in [7, 11) is 0. The Balaban J connectivity index is 0.831. The van der Waals surface area contributed by atoms with E-state index in [-0.39, 0.29) is 46.9 Å². The molecule has 23 nitrogen and oxygen atoms in total. The first-order valence-corrected chi connectivity index (χ1v) is 26.4. The molecular formula is C50H78O23. The fourth-order valence-corrected chi connectivity index (χ4v) is 14.9. The van der Waals surface area contributed by atoms with Crippen LogP contribution in [-0.4, -0.2) is 235 Å². The van der Waals surface area contributed by atoms with Gasteiger partial charge in [0.15, 0.2) is 36.7 Å². The van der Waals surface area contributed by atoms with Gasteiger partial charge in [-0.05, 0) is 80.1 Å². The van der Waals surface area contributed by atoms with Gasteiger partial charge in [0.2, 0.25) is 0 Å². The molecule has 1 spiro atoms. The summed E-state index contributed by atoms with van der Waals surface area (Å²) < 4.78 is 61.0. The van der Waals surface area contributed by atoms with E-state index >= 15 is 0 Å². The van der Waals surface area contributed by atoms with Crippen LogP contribution in [0.3, 0.4) is 0 Å². The lowest BCUT2D eigenvalue weighted by Crippen LogP contribution is -2.68. The zero-order chi connectivity index (χ0) is 52.2. The molecule has 3 saturated carbocycles. The molecule has 30 unspecified atom stereocenters. The lowest BCUT2D eigenvalue weighted by atomic mass is 9.48. The van der Waals surface area contributed by atoms with Gasteiger partial charge in [-0.15, -0.1) is 0 Å². The first kappa shape index (κ1) is 54.9. The number of ether oxygens (including phenoxy) is 10. The van der Waals surface area contributed by atoms with E-state index in [1.54, 1.807) is 0 Å². The molecule has 73 heavy (non-hydrogen) atoms. The highest BCUT2D eigenvalue weighted by molar-refractivity contribution is 5.97. The standard InChI is InChI=1S/C50H78O23/c1-19-7-10-50(65-17-19)20(2)32-27(73-50)12-25-23-6-5-21-11-22(8-9-48(21,3)24(23)13-31(55)49(25,32)4)66-45-40(63)37(60)41(30(16-53)69-45)70-47-43(72-46-39(62)36(59)34(57)28(14-51)67-46)42(35(58)29(15-52)68-47)71-44-38(61)33(56)26(54)18-64-44/h13,19-23,25-30,32-47,51-54,56-63H,5-12,14-18H2,1-4H3. The number of hydrogen-bond acceptors (Lipinski definition) is 23. The van der Waals surface area contributed by atoms with Crippen LogP contribution in [0.4, 0.5) is 0 Å². The number of fused-ring (bicyclic) bond motifs is 7. The topological polar surface area (TPSA) is 352 Å². The Bertz CT molecular complexity index is 1970. The van der Waals surface area contributed by atoms with Crippen molar-refractivity contribution in [1.29, 1.82) is 0 Å². The predicted octanol–water partition coefficient (Wildman–Crippen LogP) is -3.17. The highest BCUT2D eigenvalue weighted by Crippen LogP contribution is 2.69. The molecule has 6 saturated heterocycles. The number of carbonyl (C=O) groups excluding carboxylic acids is 1. The van der Waals surface area contributed by atoms with Crippen LogP contribution in [0, 0.1) is 46.3 Å². The van der Waals surface area contributed by atoms with E-state index in [0.717, 1.165) is 32.1 Å². The number of rotatable bonds is 11. The average Bonchev–Trinajstić information content (AvgIpc) is 3.83. The Morgan fingerprint density at radius 1 is 0.616 bits per heavy atom. The molecule has 0 aromatic carbocycles. The van der Waals surface area contributed by atoms with Crippen molar-refractivity contribution in [3.05, 3.63) is 11.6 Å². The van der Waals surface area contributed by atoms with Crippen LogP contribution in [-0.2, 0) is 52.2 Å². The first-order valence-electron chi connectivity index (χ1n) is 26.4. The number of ketones is 1. The number of hydrogen-bond donors (Lipinski definition) is 12. The Morgan fingerprint density at radius 2 is 1.25 bits per heavy atom. The molecule has 23 heteroatoms. The molecule has 9 fully saturated rings. The Kier molecular flexibility index (Phi) is 15.8. The Labute approximate surface area is 423 Å². The summed E-state index contributed by atoms with van der Waals surface area (Å²) in [6, 6.07) is 0. The summed E-state index contributed by atoms with van der Waals surface area (Å²) in [5, 5.41) is 129. The molecule has 4 aliphatic carbocycles. The van der Waals surface area contributed by atoms with Gasteiger partial charge in [0.05, 0.1) is 45.2 Å². The molecule has 6 aliphatic heterocycles. The van der Waals surface area contributed by atoms with E-state index in [1.807, 2.05) is 6.08 Å². The van der Waals surface area contributed by atoms with Crippen LogP contribution < -0.4 is 0 Å². The van der Waals surface area contributed by atoms with Crippen LogP contribution >= 0.6 is 0 Å². The van der Waals surface area contributed by atoms with Gasteiger partial charge in [-0.1, -0.05) is 33.3 Å². The van der Waals surface area contributed by atoms with E-state index in [9.17, 15) is 66.1 Å². The second-order valence-electron chi connectivity index (χ2n) is 23.3. The lowest BCUT2D eigenvalue weighted by molar-refractivity contribution is -0.404. The smallest absolute Gasteiger partial charge is 0.187 e. The van der Waals surface area contributed by atoms with Gasteiger partial charge in [-0.3, -0.25) is 4.79 Å². The molecule has 10 aliphatic rings. The second kappa shape index (κ2) is 21.0. The Hall–Kier alpha value is -1.47. The SMILES string of the molecule is CC1CCC2(OC1)OC1CC3C4CCC5CC(OC6OC(CO)C(OC7OC(CO)C(O)C(OC8OCC(O)C(O)C8O)C7OC7OC(CO)C(O)C(O)C7O)C(O)C6O)CCC5(C)C4=CC(=O)C3(C)C1C2C. The normalized spacial score (nSPS) is 56.1. The van der Waals surface area contributed by atoms with E-state index in [1.165, 1.54) is 5.57 Å². The number of aliphatic hydroxyl groups is 12. The van der Waals surface area contributed by atoms with Gasteiger partial charge in [0.25, 0.3) is 0 Å². The quantitative estimate of drug-likeness (QED) is 0.0908. The van der Waals surface area contributed by atoms with Crippen LogP contribution in [0.5, 0.6) is 0 Å². The third kappa shape index (κ3) is 9.22. The summed E-state index contributed by atoms with van der Waals surface area (Å²) in [6.07, 6.45) is -25.6. The monoisotopic (exact) mass is 1050 g/mol. The van der Waals surface area contributed by atoms with Crippen molar-refractivity contribution in [2.24, 2.45) is 46.3 Å². The maximum absolute atomic E-state index is 14.6. The predicted molar refractivity (Wildman–Crippen MR) is 243 cm³/mol. The second-order valence-corrected chi connectivity index (χ2v) is 23.3. The van der Waals surface area contributed by atoms with Crippen LogP contribution in [0.25, 0.3) is 0 Å². The molecule has 6 heterocycles. The first-order chi connectivity index (χ1) is 34.7. The van der Waals surface area contributed by atoms with Crippen LogP contribution in [0.1, 0.15) is 79.1 Å². The maximum Gasteiger partial charge on any atom is 0.187 e. The van der Waals surface area contributed by atoms with Crippen LogP contribution in [0.2, 0.25) is 0 Å². The number of allylic oxidation sites excluding steroid dienone is 2. The fraction of sp³-hybridized carbons (Fsp3) is 0.940. The van der Waals surface area contributed by atoms with Gasteiger partial charge in [-0.2, -0.15) is 0 Å². The zero-order valence-electron chi connectivity index (χ0n) is 41.7. The summed E-state index contributed by atoms with van der Waals surface area (Å²) >= 11 is 0. The van der Waals surface area contributed by atoms with Crippen molar-refractivity contribution in [3.63, 3.8) is 0 Å². The molecule has 12 N–H and O–H groups in total. The minimum absolute atomic E-state index is 0.0451. The minimum Gasteiger partial charge on any atom is -0.394 e. The molecule has 0 amide bonds. The van der Waals surface area contributed by atoms with E-state index in [0.29, 0.717) is 31.8 Å². The third-order valence-electron chi connectivity index (χ3n) is 19.3. The molecule has 0 bridgehead atoms. The van der Waals surface area contributed by atoms with Gasteiger partial charge in [0, 0.05) is 23.7 Å². The molecule has 0 aromatic heterocycles. The highest BCUT2D eigenvalue weighted by atomic mass is 16.8. The molecule has 0 radical (unpaired) electrons.